The van der Waals surface area contributed by atoms with Gasteiger partial charge in [0.15, 0.2) is 0 Å². The van der Waals surface area contributed by atoms with Crippen molar-refractivity contribution in [3.05, 3.63) is 42.2 Å². The predicted molar refractivity (Wildman–Crippen MR) is 54.4 cm³/mol. The number of carbonyl (C=O) groups excluding carboxylic acids is 2. The summed E-state index contributed by atoms with van der Waals surface area (Å²) >= 11 is 0. The van der Waals surface area contributed by atoms with Crippen molar-refractivity contribution in [2.24, 2.45) is 5.73 Å². The van der Waals surface area contributed by atoms with Crippen LogP contribution >= 0.6 is 0 Å². The maximum absolute atomic E-state index is 11.5. The van der Waals surface area contributed by atoms with Crippen LogP contribution in [-0.2, 0) is 0 Å². The molecule has 2 heterocycles. The molecule has 0 unspecified atom stereocenters. The zero-order valence-electron chi connectivity index (χ0n) is 7.81. The van der Waals surface area contributed by atoms with E-state index in [9.17, 15) is 9.59 Å². The van der Waals surface area contributed by atoms with Crippen molar-refractivity contribution in [2.45, 2.75) is 0 Å². The van der Waals surface area contributed by atoms with Gasteiger partial charge in [-0.2, -0.15) is 0 Å². The van der Waals surface area contributed by atoms with Crippen molar-refractivity contribution in [2.75, 3.05) is 0 Å². The van der Waals surface area contributed by atoms with Gasteiger partial charge in [0.2, 0.25) is 0 Å². The number of amides is 3. The molecule has 0 aromatic carbocycles. The summed E-state index contributed by atoms with van der Waals surface area (Å²) in [5.41, 5.74) is 6.02. The van der Waals surface area contributed by atoms with Gasteiger partial charge in [0.05, 0.1) is 11.1 Å². The van der Waals surface area contributed by atoms with Crippen molar-refractivity contribution in [1.29, 1.82) is 0 Å². The van der Waals surface area contributed by atoms with E-state index >= 15 is 0 Å². The van der Waals surface area contributed by atoms with E-state index in [4.69, 9.17) is 5.73 Å². The Bertz CT molecular complexity index is 530. The third-order valence-corrected chi connectivity index (χ3v) is 2.05. The minimum Gasteiger partial charge on any atom is -0.351 e. The Labute approximate surface area is 85.5 Å². The molecule has 2 rings (SSSR count). The molecular formula is C10H9N3O2. The maximum atomic E-state index is 11.5. The van der Waals surface area contributed by atoms with Crippen LogP contribution in [0.25, 0.3) is 5.52 Å². The van der Waals surface area contributed by atoms with E-state index in [1.165, 1.54) is 0 Å². The van der Waals surface area contributed by atoms with E-state index < -0.39 is 11.9 Å². The first-order valence-electron chi connectivity index (χ1n) is 4.35. The summed E-state index contributed by atoms with van der Waals surface area (Å²) in [6.07, 6.45) is 3.56. The van der Waals surface area contributed by atoms with Gasteiger partial charge in [-0.15, -0.1) is 0 Å². The van der Waals surface area contributed by atoms with E-state index in [2.05, 4.69) is 0 Å². The average Bonchev–Trinajstić information content (AvgIpc) is 2.59. The zero-order valence-corrected chi connectivity index (χ0v) is 7.81. The van der Waals surface area contributed by atoms with Gasteiger partial charge in [-0.05, 0) is 18.2 Å². The summed E-state index contributed by atoms with van der Waals surface area (Å²) in [6, 6.07) is 6.23. The Hall–Kier alpha value is -2.30. The molecule has 0 fully saturated rings. The van der Waals surface area contributed by atoms with Crippen LogP contribution in [0.2, 0.25) is 0 Å². The number of hydrogen-bond acceptors (Lipinski definition) is 2. The lowest BCUT2D eigenvalue weighted by molar-refractivity contribution is 0.0968. The number of fused-ring (bicyclic) bond motifs is 1. The van der Waals surface area contributed by atoms with Crippen molar-refractivity contribution in [3.8, 4) is 0 Å². The van der Waals surface area contributed by atoms with Crippen molar-refractivity contribution in [3.63, 3.8) is 0 Å². The summed E-state index contributed by atoms with van der Waals surface area (Å²) in [4.78, 5) is 22.0. The zero-order chi connectivity index (χ0) is 10.8. The molecule has 0 aliphatic carbocycles. The fourth-order valence-corrected chi connectivity index (χ4v) is 1.43. The molecule has 0 saturated heterocycles. The van der Waals surface area contributed by atoms with E-state index in [1.54, 1.807) is 22.7 Å². The highest BCUT2D eigenvalue weighted by molar-refractivity contribution is 6.08. The van der Waals surface area contributed by atoms with Crippen LogP contribution in [0.5, 0.6) is 0 Å². The van der Waals surface area contributed by atoms with Gasteiger partial charge in [0.25, 0.3) is 5.91 Å². The van der Waals surface area contributed by atoms with Gasteiger partial charge in [-0.1, -0.05) is 6.07 Å². The second-order valence-corrected chi connectivity index (χ2v) is 3.04. The molecule has 3 amide bonds. The molecule has 0 aliphatic heterocycles. The van der Waals surface area contributed by atoms with Crippen LogP contribution in [0.3, 0.4) is 0 Å². The Balaban J connectivity index is 2.44. The lowest BCUT2D eigenvalue weighted by atomic mass is 10.2. The summed E-state index contributed by atoms with van der Waals surface area (Å²) in [5.74, 6) is -0.490. The molecule has 2 aromatic heterocycles. The third kappa shape index (κ3) is 1.67. The van der Waals surface area contributed by atoms with Gasteiger partial charge < -0.3 is 10.1 Å². The largest absolute Gasteiger partial charge is 0.351 e. The summed E-state index contributed by atoms with van der Waals surface area (Å²) in [7, 11) is 0. The van der Waals surface area contributed by atoms with Gasteiger partial charge in [0.1, 0.15) is 0 Å². The summed E-state index contributed by atoms with van der Waals surface area (Å²) < 4.78 is 1.79. The molecule has 3 N–H and O–H groups in total. The van der Waals surface area contributed by atoms with E-state index in [1.807, 2.05) is 23.6 Å². The first kappa shape index (κ1) is 9.26. The second kappa shape index (κ2) is 3.45. The number of imide groups is 1. The van der Waals surface area contributed by atoms with Crippen LogP contribution in [0.4, 0.5) is 4.79 Å². The van der Waals surface area contributed by atoms with Crippen LogP contribution in [0.1, 0.15) is 10.4 Å². The van der Waals surface area contributed by atoms with E-state index in [-0.39, 0.29) is 0 Å². The molecule has 5 heteroatoms. The fourth-order valence-electron chi connectivity index (χ4n) is 1.43. The number of carbonyl (C=O) groups is 2. The standard InChI is InChI=1S/C10H9N3O2/c11-10(15)12-9(14)7-4-6-13-5-2-1-3-8(7)13/h1-6H,(H3,11,12,14,15). The van der Waals surface area contributed by atoms with Crippen LogP contribution in [0.15, 0.2) is 36.7 Å². The molecular weight excluding hydrogens is 194 g/mol. The Morgan fingerprint density at radius 2 is 2.00 bits per heavy atom. The monoisotopic (exact) mass is 203 g/mol. The SMILES string of the molecule is NC(=O)NC(=O)c1ccn2ccccc12. The first-order chi connectivity index (χ1) is 7.18. The van der Waals surface area contributed by atoms with Crippen LogP contribution < -0.4 is 11.1 Å². The number of rotatable bonds is 1. The number of nitrogens with two attached hydrogens (primary N) is 1. The lowest BCUT2D eigenvalue weighted by Crippen LogP contribution is -2.34. The fraction of sp³-hybridized carbons (Fsp3) is 0. The Morgan fingerprint density at radius 1 is 1.20 bits per heavy atom. The normalized spacial score (nSPS) is 10.1. The molecule has 76 valence electrons. The van der Waals surface area contributed by atoms with Gasteiger partial charge in [0, 0.05) is 12.4 Å². The lowest BCUT2D eigenvalue weighted by Gasteiger charge is -1.99. The Morgan fingerprint density at radius 3 is 2.73 bits per heavy atom. The average molecular weight is 203 g/mol. The van der Waals surface area contributed by atoms with Crippen molar-refractivity contribution < 1.29 is 9.59 Å². The minimum absolute atomic E-state index is 0.425. The molecule has 0 bridgehead atoms. The highest BCUT2D eigenvalue weighted by Gasteiger charge is 2.11. The third-order valence-electron chi connectivity index (χ3n) is 2.05. The van der Waals surface area contributed by atoms with Crippen LogP contribution in [-0.4, -0.2) is 16.3 Å². The minimum atomic E-state index is -0.852. The Kier molecular flexibility index (Phi) is 2.13. The molecule has 0 spiro atoms. The number of nitrogens with zero attached hydrogens (tertiary/aromatic N) is 1. The highest BCUT2D eigenvalue weighted by atomic mass is 16.2. The molecule has 15 heavy (non-hydrogen) atoms. The second-order valence-electron chi connectivity index (χ2n) is 3.04. The number of urea groups is 1. The molecule has 5 nitrogen and oxygen atoms in total. The van der Waals surface area contributed by atoms with E-state index in [0.717, 1.165) is 5.52 Å². The molecule has 0 saturated carbocycles. The van der Waals surface area contributed by atoms with Gasteiger partial charge >= 0.3 is 6.03 Å². The van der Waals surface area contributed by atoms with Crippen molar-refractivity contribution in [1.82, 2.24) is 9.72 Å². The molecule has 0 radical (unpaired) electrons. The molecule has 2 aromatic rings. The van der Waals surface area contributed by atoms with Crippen molar-refractivity contribution >= 4 is 17.5 Å². The van der Waals surface area contributed by atoms with Gasteiger partial charge in [-0.3, -0.25) is 10.1 Å². The highest BCUT2D eigenvalue weighted by Crippen LogP contribution is 2.11. The molecule has 0 aliphatic rings. The van der Waals surface area contributed by atoms with E-state index in [0.29, 0.717) is 5.56 Å². The number of nitrogens with one attached hydrogen (secondary N) is 1. The summed E-state index contributed by atoms with van der Waals surface area (Å²) in [5, 5.41) is 2.02. The number of primary amides is 1. The summed E-state index contributed by atoms with van der Waals surface area (Å²) in [6.45, 7) is 0. The predicted octanol–water partition coefficient (Wildman–Crippen LogP) is 0.748. The smallest absolute Gasteiger partial charge is 0.319 e. The number of aromatic nitrogens is 1. The molecule has 0 atom stereocenters. The quantitative estimate of drug-likeness (QED) is 0.717. The maximum Gasteiger partial charge on any atom is 0.319 e. The van der Waals surface area contributed by atoms with Gasteiger partial charge in [-0.25, -0.2) is 4.79 Å². The topological polar surface area (TPSA) is 76.6 Å². The van der Waals surface area contributed by atoms with Crippen LogP contribution in [0, 0.1) is 0 Å². The number of pyridine rings is 1. The number of hydrogen-bond donors (Lipinski definition) is 2. The first-order valence-corrected chi connectivity index (χ1v) is 4.35.